The highest BCUT2D eigenvalue weighted by atomic mass is 16.3. The highest BCUT2D eigenvalue weighted by molar-refractivity contribution is 5.81. The molecule has 0 radical (unpaired) electrons. The van der Waals surface area contributed by atoms with Gasteiger partial charge in [-0.2, -0.15) is 0 Å². The molecule has 1 amide bonds. The molecule has 0 aromatic heterocycles. The van der Waals surface area contributed by atoms with Crippen LogP contribution in [0.2, 0.25) is 0 Å². The van der Waals surface area contributed by atoms with Crippen LogP contribution in [0.25, 0.3) is 0 Å². The second-order valence-electron chi connectivity index (χ2n) is 4.21. The highest BCUT2D eigenvalue weighted by Gasteiger charge is 2.41. The third kappa shape index (κ3) is 1.69. The lowest BCUT2D eigenvalue weighted by Gasteiger charge is -2.21. The van der Waals surface area contributed by atoms with E-state index in [9.17, 15) is 9.90 Å². The molecule has 0 bridgehead atoms. The van der Waals surface area contributed by atoms with Gasteiger partial charge in [0.05, 0.1) is 12.1 Å². The first kappa shape index (κ1) is 8.97. The fourth-order valence-electron chi connectivity index (χ4n) is 1.80. The van der Waals surface area contributed by atoms with Gasteiger partial charge in [0.25, 0.3) is 0 Å². The molecule has 2 aliphatic rings. The van der Waals surface area contributed by atoms with E-state index in [0.29, 0.717) is 19.5 Å². The van der Waals surface area contributed by atoms with Gasteiger partial charge in [0, 0.05) is 19.0 Å². The fourth-order valence-corrected chi connectivity index (χ4v) is 1.80. The van der Waals surface area contributed by atoms with Crippen molar-refractivity contribution in [2.24, 2.45) is 11.7 Å². The third-order valence-corrected chi connectivity index (χ3v) is 2.95. The summed E-state index contributed by atoms with van der Waals surface area (Å²) in [7, 11) is 0. The average molecular weight is 184 g/mol. The Morgan fingerprint density at radius 3 is 2.77 bits per heavy atom. The maximum absolute atomic E-state index is 11.6. The lowest BCUT2D eigenvalue weighted by molar-refractivity contribution is -0.132. The molecule has 2 fully saturated rings. The van der Waals surface area contributed by atoms with Gasteiger partial charge >= 0.3 is 0 Å². The fraction of sp³-hybridized carbons (Fsp3) is 0.889. The summed E-state index contributed by atoms with van der Waals surface area (Å²) in [6.45, 7) is 1.35. The Balaban J connectivity index is 1.93. The van der Waals surface area contributed by atoms with Crippen LogP contribution in [-0.2, 0) is 4.79 Å². The number of β-amino-alcohol motifs (C(OH)–C–C–N with tert-alkyl or cyclic N) is 1. The van der Waals surface area contributed by atoms with Gasteiger partial charge < -0.3 is 15.7 Å². The molecule has 3 N–H and O–H groups in total. The van der Waals surface area contributed by atoms with Gasteiger partial charge in [0.1, 0.15) is 0 Å². The number of nitrogens with zero attached hydrogens (tertiary/aromatic N) is 1. The molecule has 13 heavy (non-hydrogen) atoms. The summed E-state index contributed by atoms with van der Waals surface area (Å²) in [5, 5.41) is 9.80. The van der Waals surface area contributed by atoms with Crippen molar-refractivity contribution in [1.82, 2.24) is 4.90 Å². The maximum atomic E-state index is 11.6. The van der Waals surface area contributed by atoms with Gasteiger partial charge in [0.2, 0.25) is 5.91 Å². The Bertz CT molecular complexity index is 228. The van der Waals surface area contributed by atoms with E-state index in [-0.39, 0.29) is 18.4 Å². The standard InChI is InChI=1S/C9H16N2O2/c10-5-9(13)3-4-11(6-9)8(12)7-1-2-7/h7,13H,1-6,10H2. The van der Waals surface area contributed by atoms with E-state index in [2.05, 4.69) is 0 Å². The summed E-state index contributed by atoms with van der Waals surface area (Å²) in [4.78, 5) is 13.3. The Morgan fingerprint density at radius 1 is 1.62 bits per heavy atom. The van der Waals surface area contributed by atoms with Gasteiger partial charge in [-0.25, -0.2) is 0 Å². The summed E-state index contributed by atoms with van der Waals surface area (Å²) in [6.07, 6.45) is 2.68. The zero-order chi connectivity index (χ0) is 9.47. The zero-order valence-electron chi connectivity index (χ0n) is 7.70. The summed E-state index contributed by atoms with van der Waals surface area (Å²) in [6, 6.07) is 0. The van der Waals surface area contributed by atoms with Crippen molar-refractivity contribution < 1.29 is 9.90 Å². The first-order valence-electron chi connectivity index (χ1n) is 4.86. The van der Waals surface area contributed by atoms with Crippen LogP contribution in [0.4, 0.5) is 0 Å². The Kier molecular flexibility index (Phi) is 2.04. The van der Waals surface area contributed by atoms with Crippen LogP contribution in [0.3, 0.4) is 0 Å². The summed E-state index contributed by atoms with van der Waals surface area (Å²) < 4.78 is 0. The average Bonchev–Trinajstić information content (AvgIpc) is 2.89. The molecule has 0 aromatic rings. The molecule has 1 aliphatic heterocycles. The number of amides is 1. The number of carbonyl (C=O) groups excluding carboxylic acids is 1. The van der Waals surface area contributed by atoms with E-state index in [4.69, 9.17) is 5.73 Å². The van der Waals surface area contributed by atoms with Gasteiger partial charge in [-0.3, -0.25) is 4.79 Å². The maximum Gasteiger partial charge on any atom is 0.225 e. The number of likely N-dealkylation sites (tertiary alicyclic amines) is 1. The van der Waals surface area contributed by atoms with Gasteiger partial charge in [-0.05, 0) is 19.3 Å². The van der Waals surface area contributed by atoms with Gasteiger partial charge in [0.15, 0.2) is 0 Å². The summed E-state index contributed by atoms with van der Waals surface area (Å²) in [5.41, 5.74) is 4.62. The summed E-state index contributed by atoms with van der Waals surface area (Å²) >= 11 is 0. The molecule has 2 rings (SSSR count). The molecule has 1 saturated heterocycles. The zero-order valence-corrected chi connectivity index (χ0v) is 7.70. The van der Waals surface area contributed by atoms with Crippen LogP contribution < -0.4 is 5.73 Å². The quantitative estimate of drug-likeness (QED) is 0.597. The van der Waals surface area contributed by atoms with E-state index >= 15 is 0 Å². The molecule has 1 atom stereocenters. The minimum absolute atomic E-state index is 0.212. The highest BCUT2D eigenvalue weighted by Crippen LogP contribution is 2.33. The molecular formula is C9H16N2O2. The predicted molar refractivity (Wildman–Crippen MR) is 47.9 cm³/mol. The van der Waals surface area contributed by atoms with E-state index in [0.717, 1.165) is 12.8 Å². The van der Waals surface area contributed by atoms with Crippen molar-refractivity contribution in [2.45, 2.75) is 24.9 Å². The molecule has 0 aromatic carbocycles. The minimum Gasteiger partial charge on any atom is -0.387 e. The van der Waals surface area contributed by atoms with Crippen molar-refractivity contribution in [2.75, 3.05) is 19.6 Å². The predicted octanol–water partition coefficient (Wildman–Crippen LogP) is -0.681. The Labute approximate surface area is 77.7 Å². The lowest BCUT2D eigenvalue weighted by atomic mass is 10.0. The molecule has 1 aliphatic carbocycles. The molecule has 1 heterocycles. The lowest BCUT2D eigenvalue weighted by Crippen LogP contribution is -2.42. The second-order valence-corrected chi connectivity index (χ2v) is 4.21. The molecule has 0 spiro atoms. The topological polar surface area (TPSA) is 66.6 Å². The van der Waals surface area contributed by atoms with Crippen molar-refractivity contribution >= 4 is 5.91 Å². The van der Waals surface area contributed by atoms with Crippen LogP contribution in [0.15, 0.2) is 0 Å². The molecule has 4 nitrogen and oxygen atoms in total. The van der Waals surface area contributed by atoms with Crippen molar-refractivity contribution in [3.63, 3.8) is 0 Å². The second kappa shape index (κ2) is 2.96. The molecule has 1 unspecified atom stereocenters. The normalized spacial score (nSPS) is 33.8. The van der Waals surface area contributed by atoms with Crippen LogP contribution in [0.1, 0.15) is 19.3 Å². The summed E-state index contributed by atoms with van der Waals surface area (Å²) in [5.74, 6) is 0.462. The first-order chi connectivity index (χ1) is 6.14. The minimum atomic E-state index is -0.815. The number of carbonyl (C=O) groups is 1. The van der Waals surface area contributed by atoms with Crippen LogP contribution in [0.5, 0.6) is 0 Å². The SMILES string of the molecule is NCC1(O)CCN(C(=O)C2CC2)C1. The van der Waals surface area contributed by atoms with Crippen LogP contribution in [-0.4, -0.2) is 41.1 Å². The third-order valence-electron chi connectivity index (χ3n) is 2.95. The van der Waals surface area contributed by atoms with E-state index in [1.807, 2.05) is 0 Å². The number of rotatable bonds is 2. The smallest absolute Gasteiger partial charge is 0.225 e. The van der Waals surface area contributed by atoms with Crippen molar-refractivity contribution in [3.05, 3.63) is 0 Å². The monoisotopic (exact) mass is 184 g/mol. The molecule has 4 heteroatoms. The molecule has 1 saturated carbocycles. The van der Waals surface area contributed by atoms with Gasteiger partial charge in [-0.15, -0.1) is 0 Å². The van der Waals surface area contributed by atoms with E-state index < -0.39 is 5.60 Å². The number of aliphatic hydroxyl groups is 1. The number of hydrogen-bond donors (Lipinski definition) is 2. The van der Waals surface area contributed by atoms with E-state index in [1.165, 1.54) is 0 Å². The van der Waals surface area contributed by atoms with Gasteiger partial charge in [-0.1, -0.05) is 0 Å². The van der Waals surface area contributed by atoms with Crippen molar-refractivity contribution in [3.8, 4) is 0 Å². The Morgan fingerprint density at radius 2 is 2.31 bits per heavy atom. The molecule has 74 valence electrons. The molecular weight excluding hydrogens is 168 g/mol. The number of hydrogen-bond acceptors (Lipinski definition) is 3. The van der Waals surface area contributed by atoms with Crippen molar-refractivity contribution in [1.29, 1.82) is 0 Å². The van der Waals surface area contributed by atoms with Crippen LogP contribution in [0, 0.1) is 5.92 Å². The van der Waals surface area contributed by atoms with Crippen LogP contribution >= 0.6 is 0 Å². The van der Waals surface area contributed by atoms with E-state index in [1.54, 1.807) is 4.90 Å². The Hall–Kier alpha value is -0.610. The largest absolute Gasteiger partial charge is 0.387 e. The first-order valence-corrected chi connectivity index (χ1v) is 4.86. The number of nitrogens with two attached hydrogens (primary N) is 1.